The third-order valence-corrected chi connectivity index (χ3v) is 4.01. The van der Waals surface area contributed by atoms with Crippen LogP contribution in [0.2, 0.25) is 0 Å². The smallest absolute Gasteiger partial charge is 0.00131 e. The number of fused-ring (bicyclic) bond motifs is 3. The summed E-state index contributed by atoms with van der Waals surface area (Å²) in [6.45, 7) is 8.89. The zero-order valence-electron chi connectivity index (χ0n) is 11.0. The Labute approximate surface area is 103 Å². The van der Waals surface area contributed by atoms with Crippen molar-refractivity contribution in [3.63, 3.8) is 0 Å². The maximum atomic E-state index is 2.34. The topological polar surface area (TPSA) is 0 Å². The molecule has 86 valence electrons. The van der Waals surface area contributed by atoms with Gasteiger partial charge >= 0.3 is 0 Å². The molecular weight excluding hydrogens is 204 g/mol. The summed E-state index contributed by atoms with van der Waals surface area (Å²) in [5.41, 5.74) is 11.6. The van der Waals surface area contributed by atoms with Gasteiger partial charge in [0.05, 0.1) is 0 Å². The molecule has 3 rings (SSSR count). The van der Waals surface area contributed by atoms with Gasteiger partial charge in [-0.05, 0) is 73.1 Å². The van der Waals surface area contributed by atoms with Gasteiger partial charge in [0.25, 0.3) is 0 Å². The first kappa shape index (κ1) is 10.6. The molecule has 0 radical (unpaired) electrons. The van der Waals surface area contributed by atoms with Gasteiger partial charge in [0, 0.05) is 0 Å². The highest BCUT2D eigenvalue weighted by Crippen LogP contribution is 2.42. The van der Waals surface area contributed by atoms with Gasteiger partial charge in [-0.3, -0.25) is 0 Å². The highest BCUT2D eigenvalue weighted by Gasteiger charge is 2.22. The average Bonchev–Trinajstić information content (AvgIpc) is 2.62. The van der Waals surface area contributed by atoms with E-state index in [9.17, 15) is 0 Å². The van der Waals surface area contributed by atoms with E-state index in [2.05, 4.69) is 52.0 Å². The number of hydrogen-bond acceptors (Lipinski definition) is 0. The number of rotatable bonds is 0. The minimum atomic E-state index is 1.11. The summed E-state index contributed by atoms with van der Waals surface area (Å²) >= 11 is 0. The molecule has 0 atom stereocenters. The van der Waals surface area contributed by atoms with Crippen LogP contribution in [0.4, 0.5) is 0 Å². The van der Waals surface area contributed by atoms with Crippen molar-refractivity contribution in [1.82, 2.24) is 0 Å². The van der Waals surface area contributed by atoms with E-state index in [-0.39, 0.29) is 0 Å². The van der Waals surface area contributed by atoms with Crippen molar-refractivity contribution >= 4 is 0 Å². The lowest BCUT2D eigenvalue weighted by Crippen LogP contribution is -1.90. The maximum Gasteiger partial charge on any atom is -0.00131 e. The predicted molar refractivity (Wildman–Crippen MR) is 73.6 cm³/mol. The van der Waals surface area contributed by atoms with Crippen molar-refractivity contribution < 1.29 is 0 Å². The van der Waals surface area contributed by atoms with E-state index in [1.807, 2.05) is 0 Å². The summed E-state index contributed by atoms with van der Waals surface area (Å²) in [5.74, 6) is 0. The van der Waals surface area contributed by atoms with Crippen LogP contribution in [0.15, 0.2) is 24.3 Å². The highest BCUT2D eigenvalue weighted by molar-refractivity contribution is 5.82. The third kappa shape index (κ3) is 1.44. The van der Waals surface area contributed by atoms with Crippen LogP contribution < -0.4 is 0 Å². The predicted octanol–water partition coefficient (Wildman–Crippen LogP) is 4.49. The second-order valence-corrected chi connectivity index (χ2v) is 5.33. The molecule has 0 spiro atoms. The van der Waals surface area contributed by atoms with Crippen LogP contribution in [0.3, 0.4) is 0 Å². The molecule has 0 heteroatoms. The molecule has 0 saturated carbocycles. The Balaban J connectivity index is 2.37. The molecular formula is C17H18. The average molecular weight is 222 g/mol. The molecule has 0 fully saturated rings. The minimum absolute atomic E-state index is 1.11. The summed E-state index contributed by atoms with van der Waals surface area (Å²) in [7, 11) is 0. The van der Waals surface area contributed by atoms with Crippen molar-refractivity contribution in [2.24, 2.45) is 0 Å². The second kappa shape index (κ2) is 3.46. The van der Waals surface area contributed by atoms with Crippen molar-refractivity contribution in [1.29, 1.82) is 0 Å². The van der Waals surface area contributed by atoms with Crippen LogP contribution in [0.5, 0.6) is 0 Å². The molecule has 0 N–H and O–H groups in total. The van der Waals surface area contributed by atoms with Crippen LogP contribution in [-0.2, 0) is 6.42 Å². The quantitative estimate of drug-likeness (QED) is 0.525. The molecule has 1 aliphatic rings. The van der Waals surface area contributed by atoms with Crippen LogP contribution in [0.1, 0.15) is 33.4 Å². The molecule has 0 nitrogen and oxygen atoms in total. The van der Waals surface area contributed by atoms with E-state index >= 15 is 0 Å². The Morgan fingerprint density at radius 1 is 0.765 bits per heavy atom. The zero-order chi connectivity index (χ0) is 12.2. The molecule has 1 aliphatic carbocycles. The van der Waals surface area contributed by atoms with Crippen molar-refractivity contribution in [3.05, 3.63) is 57.6 Å². The summed E-state index contributed by atoms with van der Waals surface area (Å²) < 4.78 is 0. The van der Waals surface area contributed by atoms with Crippen LogP contribution in [0, 0.1) is 27.7 Å². The summed E-state index contributed by atoms with van der Waals surface area (Å²) in [4.78, 5) is 0. The number of hydrogen-bond donors (Lipinski definition) is 0. The second-order valence-electron chi connectivity index (χ2n) is 5.33. The minimum Gasteiger partial charge on any atom is -0.0587 e. The lowest BCUT2D eigenvalue weighted by atomic mass is 9.93. The summed E-state index contributed by atoms with van der Waals surface area (Å²) in [5, 5.41) is 0. The zero-order valence-corrected chi connectivity index (χ0v) is 11.0. The lowest BCUT2D eigenvalue weighted by molar-refractivity contribution is 1.23. The first-order chi connectivity index (χ1) is 8.08. The molecule has 0 amide bonds. The van der Waals surface area contributed by atoms with Gasteiger partial charge in [0.15, 0.2) is 0 Å². The van der Waals surface area contributed by atoms with Crippen molar-refractivity contribution in [2.45, 2.75) is 34.1 Å². The van der Waals surface area contributed by atoms with E-state index in [4.69, 9.17) is 0 Å². The Kier molecular flexibility index (Phi) is 2.16. The normalized spacial score (nSPS) is 12.5. The highest BCUT2D eigenvalue weighted by atomic mass is 14.3. The fourth-order valence-electron chi connectivity index (χ4n) is 3.13. The largest absolute Gasteiger partial charge is 0.0587 e. The van der Waals surface area contributed by atoms with Crippen LogP contribution >= 0.6 is 0 Å². The van der Waals surface area contributed by atoms with Crippen LogP contribution in [0.25, 0.3) is 11.1 Å². The van der Waals surface area contributed by atoms with E-state index in [0.29, 0.717) is 0 Å². The van der Waals surface area contributed by atoms with Gasteiger partial charge in [-0.25, -0.2) is 0 Å². The Morgan fingerprint density at radius 2 is 1.53 bits per heavy atom. The molecule has 0 unspecified atom stereocenters. The van der Waals surface area contributed by atoms with Gasteiger partial charge in [0.2, 0.25) is 0 Å². The van der Waals surface area contributed by atoms with Crippen molar-refractivity contribution in [2.75, 3.05) is 0 Å². The Hall–Kier alpha value is -1.56. The van der Waals surface area contributed by atoms with Gasteiger partial charge in [-0.1, -0.05) is 29.8 Å². The maximum absolute atomic E-state index is 2.34. The molecule has 0 saturated heterocycles. The molecule has 0 heterocycles. The fraction of sp³-hybridized carbons (Fsp3) is 0.294. The number of benzene rings is 2. The third-order valence-electron chi connectivity index (χ3n) is 4.01. The van der Waals surface area contributed by atoms with Gasteiger partial charge in [0.1, 0.15) is 0 Å². The van der Waals surface area contributed by atoms with E-state index in [0.717, 1.165) is 6.42 Å². The van der Waals surface area contributed by atoms with Gasteiger partial charge in [-0.2, -0.15) is 0 Å². The van der Waals surface area contributed by atoms with E-state index in [1.54, 1.807) is 0 Å². The van der Waals surface area contributed by atoms with Gasteiger partial charge < -0.3 is 0 Å². The monoisotopic (exact) mass is 222 g/mol. The fourth-order valence-corrected chi connectivity index (χ4v) is 3.13. The van der Waals surface area contributed by atoms with E-state index in [1.165, 1.54) is 44.5 Å². The Morgan fingerprint density at radius 3 is 2.29 bits per heavy atom. The summed E-state index contributed by atoms with van der Waals surface area (Å²) in [6.07, 6.45) is 1.11. The molecule has 2 aromatic rings. The number of aryl methyl sites for hydroxylation is 3. The molecule has 0 bridgehead atoms. The lowest BCUT2D eigenvalue weighted by Gasteiger charge is -2.11. The molecule has 2 aromatic carbocycles. The van der Waals surface area contributed by atoms with Crippen LogP contribution in [-0.4, -0.2) is 0 Å². The SMILES string of the molecule is Cc1cc(C)c2c(c1)Cc1ccc(C)c(C)c1-2. The summed E-state index contributed by atoms with van der Waals surface area (Å²) in [6, 6.07) is 9.20. The first-order valence-corrected chi connectivity index (χ1v) is 6.27. The Bertz CT molecular complexity index is 618. The van der Waals surface area contributed by atoms with Gasteiger partial charge in [-0.15, -0.1) is 0 Å². The molecule has 17 heavy (non-hydrogen) atoms. The van der Waals surface area contributed by atoms with E-state index < -0.39 is 0 Å². The molecule has 0 aromatic heterocycles. The first-order valence-electron chi connectivity index (χ1n) is 6.27. The van der Waals surface area contributed by atoms with Crippen molar-refractivity contribution in [3.8, 4) is 11.1 Å². The molecule has 0 aliphatic heterocycles. The standard InChI is InChI=1S/C17H18/c1-10-7-12(3)16-15(8-10)9-14-6-5-11(2)13(4)17(14)16/h5-8H,9H2,1-4H3.